The van der Waals surface area contributed by atoms with Crippen molar-refractivity contribution in [1.29, 1.82) is 0 Å². The van der Waals surface area contributed by atoms with E-state index >= 15 is 0 Å². The molecule has 2 heterocycles. The second-order valence-electron chi connectivity index (χ2n) is 9.11. The van der Waals surface area contributed by atoms with E-state index in [1.807, 2.05) is 97.9 Å². The molecule has 2 aliphatic heterocycles. The molecule has 7 heteroatoms. The van der Waals surface area contributed by atoms with Gasteiger partial charge in [-0.15, -0.1) is 0 Å². The number of aliphatic hydroxyl groups excluding tert-OH is 2. The normalized spacial score (nSPS) is 30.2. The van der Waals surface area contributed by atoms with Crippen LogP contribution in [0, 0.1) is 0 Å². The first-order valence-corrected chi connectivity index (χ1v) is 12.3. The summed E-state index contributed by atoms with van der Waals surface area (Å²) in [5.41, 5.74) is 1.79. The summed E-state index contributed by atoms with van der Waals surface area (Å²) in [6, 6.07) is 29.8. The van der Waals surface area contributed by atoms with Gasteiger partial charge in [-0.1, -0.05) is 91.0 Å². The molecule has 2 N–H and O–H groups in total. The van der Waals surface area contributed by atoms with Crippen LogP contribution >= 0.6 is 0 Å². The Morgan fingerprint density at radius 2 is 1.28 bits per heavy atom. The summed E-state index contributed by atoms with van der Waals surface area (Å²) in [5, 5.41) is 21.8. The standard InChI is InChI=1S/C29H32O7/c1-3-32-28(2)35-26-25(31)24(30)23(34-27(26)36-28)19-33-29(20-13-7-4-8-14-20,21-15-9-5-10-16-21)22-17-11-6-12-18-22/h4-18,23-27,30-31H,3,19H2,1-2H3/t23-,24+,25+,26+,27+,28-/m0/s1. The van der Waals surface area contributed by atoms with Gasteiger partial charge in [-0.25, -0.2) is 0 Å². The Kier molecular flexibility index (Phi) is 7.23. The zero-order chi connectivity index (χ0) is 25.2. The minimum absolute atomic E-state index is 0.0190. The molecular formula is C29H32O7. The fourth-order valence-corrected chi connectivity index (χ4v) is 5.06. The van der Waals surface area contributed by atoms with Crippen molar-refractivity contribution in [1.82, 2.24) is 0 Å². The summed E-state index contributed by atoms with van der Waals surface area (Å²) in [6.45, 7) is 3.77. The molecule has 0 saturated carbocycles. The van der Waals surface area contributed by atoms with Crippen LogP contribution in [0.1, 0.15) is 30.5 Å². The van der Waals surface area contributed by atoms with E-state index in [2.05, 4.69) is 0 Å². The third-order valence-corrected chi connectivity index (χ3v) is 6.74. The van der Waals surface area contributed by atoms with Crippen LogP contribution in [0.4, 0.5) is 0 Å². The van der Waals surface area contributed by atoms with E-state index in [1.165, 1.54) is 0 Å². The van der Waals surface area contributed by atoms with Crippen LogP contribution in [-0.2, 0) is 29.3 Å². The lowest BCUT2D eigenvalue weighted by atomic mass is 9.80. The van der Waals surface area contributed by atoms with Crippen molar-refractivity contribution >= 4 is 0 Å². The van der Waals surface area contributed by atoms with Gasteiger partial charge in [-0.05, 0) is 23.6 Å². The lowest BCUT2D eigenvalue weighted by Gasteiger charge is -2.41. The Morgan fingerprint density at radius 1 is 0.778 bits per heavy atom. The van der Waals surface area contributed by atoms with Crippen LogP contribution in [0.3, 0.4) is 0 Å². The predicted molar refractivity (Wildman–Crippen MR) is 132 cm³/mol. The van der Waals surface area contributed by atoms with Gasteiger partial charge in [0.05, 0.1) is 6.61 Å². The number of benzene rings is 3. The van der Waals surface area contributed by atoms with Gasteiger partial charge < -0.3 is 29.2 Å². The SMILES string of the molecule is CCO[C@]1(C)O[C@H]2O[C@@H](COC(c3ccccc3)(c3ccccc3)c3ccccc3)[C@@H](O)[C@@H](O)[C@H]2O1. The van der Waals surface area contributed by atoms with Crippen molar-refractivity contribution in [3.05, 3.63) is 108 Å². The van der Waals surface area contributed by atoms with Crippen LogP contribution in [0.5, 0.6) is 0 Å². The molecule has 0 bridgehead atoms. The van der Waals surface area contributed by atoms with Crippen molar-refractivity contribution in [2.24, 2.45) is 0 Å². The Hall–Kier alpha value is -2.62. The molecule has 36 heavy (non-hydrogen) atoms. The van der Waals surface area contributed by atoms with E-state index in [0.29, 0.717) is 6.61 Å². The number of hydrogen-bond donors (Lipinski definition) is 2. The van der Waals surface area contributed by atoms with Crippen LogP contribution in [0.2, 0.25) is 0 Å². The molecule has 0 radical (unpaired) electrons. The maximum Gasteiger partial charge on any atom is 0.282 e. The maximum absolute atomic E-state index is 11.0. The Morgan fingerprint density at radius 3 is 1.75 bits per heavy atom. The molecule has 0 aromatic heterocycles. The lowest BCUT2D eigenvalue weighted by Crippen LogP contribution is -2.58. The van der Waals surface area contributed by atoms with Gasteiger partial charge in [0.1, 0.15) is 30.0 Å². The molecule has 0 amide bonds. The molecule has 7 nitrogen and oxygen atoms in total. The molecule has 2 aliphatic rings. The average Bonchev–Trinajstić information content (AvgIpc) is 3.25. The van der Waals surface area contributed by atoms with Crippen molar-refractivity contribution in [3.8, 4) is 0 Å². The molecule has 6 atom stereocenters. The first-order valence-electron chi connectivity index (χ1n) is 12.3. The summed E-state index contributed by atoms with van der Waals surface area (Å²) in [4.78, 5) is 0. The third-order valence-electron chi connectivity index (χ3n) is 6.74. The van der Waals surface area contributed by atoms with Crippen LogP contribution in [0.25, 0.3) is 0 Å². The Labute approximate surface area is 211 Å². The van der Waals surface area contributed by atoms with Crippen LogP contribution in [0.15, 0.2) is 91.0 Å². The highest BCUT2D eigenvalue weighted by Crippen LogP contribution is 2.42. The summed E-state index contributed by atoms with van der Waals surface area (Å²) in [7, 11) is 0. The van der Waals surface area contributed by atoms with Crippen LogP contribution < -0.4 is 0 Å². The largest absolute Gasteiger partial charge is 0.387 e. The number of fused-ring (bicyclic) bond motifs is 1. The molecule has 0 unspecified atom stereocenters. The average molecular weight is 493 g/mol. The summed E-state index contributed by atoms with van der Waals surface area (Å²) >= 11 is 0. The second-order valence-corrected chi connectivity index (χ2v) is 9.11. The molecule has 5 rings (SSSR count). The summed E-state index contributed by atoms with van der Waals surface area (Å²) in [5.74, 6) is -1.36. The van der Waals surface area contributed by atoms with E-state index < -0.39 is 42.3 Å². The Balaban J connectivity index is 1.49. The number of rotatable bonds is 8. The molecule has 3 aromatic rings. The van der Waals surface area contributed by atoms with Gasteiger partial charge >= 0.3 is 0 Å². The van der Waals surface area contributed by atoms with Gasteiger partial charge in [0, 0.05) is 13.5 Å². The monoisotopic (exact) mass is 492 g/mol. The zero-order valence-electron chi connectivity index (χ0n) is 20.4. The predicted octanol–water partition coefficient (Wildman–Crippen LogP) is 3.57. The fourth-order valence-electron chi connectivity index (χ4n) is 5.06. The minimum atomic E-state index is -1.36. The van der Waals surface area contributed by atoms with Crippen molar-refractivity contribution in [3.63, 3.8) is 0 Å². The molecule has 2 saturated heterocycles. The highest BCUT2D eigenvalue weighted by molar-refractivity contribution is 5.47. The van der Waals surface area contributed by atoms with E-state index in [0.717, 1.165) is 16.7 Å². The molecule has 190 valence electrons. The quantitative estimate of drug-likeness (QED) is 0.465. The van der Waals surface area contributed by atoms with Crippen molar-refractivity contribution in [2.75, 3.05) is 13.2 Å². The highest BCUT2D eigenvalue weighted by Gasteiger charge is 2.56. The molecular weight excluding hydrogens is 460 g/mol. The van der Waals surface area contributed by atoms with E-state index in [4.69, 9.17) is 23.7 Å². The minimum Gasteiger partial charge on any atom is -0.387 e. The number of ether oxygens (including phenoxy) is 5. The first kappa shape index (κ1) is 25.0. The van der Waals surface area contributed by atoms with Crippen molar-refractivity contribution in [2.45, 2.75) is 56.1 Å². The van der Waals surface area contributed by atoms with E-state index in [9.17, 15) is 10.2 Å². The smallest absolute Gasteiger partial charge is 0.282 e. The van der Waals surface area contributed by atoms with E-state index in [-0.39, 0.29) is 6.61 Å². The lowest BCUT2D eigenvalue weighted by molar-refractivity contribution is -0.343. The van der Waals surface area contributed by atoms with Gasteiger partial charge in [0.2, 0.25) is 0 Å². The summed E-state index contributed by atoms with van der Waals surface area (Å²) < 4.78 is 30.0. The Bertz CT molecular complexity index is 1010. The topological polar surface area (TPSA) is 86.6 Å². The van der Waals surface area contributed by atoms with Crippen molar-refractivity contribution < 1.29 is 33.9 Å². The summed E-state index contributed by atoms with van der Waals surface area (Å²) in [6.07, 6.45) is -5.15. The van der Waals surface area contributed by atoms with Gasteiger partial charge in [0.25, 0.3) is 5.97 Å². The zero-order valence-corrected chi connectivity index (χ0v) is 20.4. The first-order chi connectivity index (χ1) is 17.5. The van der Waals surface area contributed by atoms with Crippen LogP contribution in [-0.4, -0.2) is 60.1 Å². The van der Waals surface area contributed by atoms with Gasteiger partial charge in [0.15, 0.2) is 6.29 Å². The number of hydrogen-bond acceptors (Lipinski definition) is 7. The fraction of sp³-hybridized carbons (Fsp3) is 0.379. The third kappa shape index (κ3) is 4.60. The molecule has 0 spiro atoms. The molecule has 0 aliphatic carbocycles. The van der Waals surface area contributed by atoms with E-state index in [1.54, 1.807) is 6.92 Å². The molecule has 3 aromatic carbocycles. The highest BCUT2D eigenvalue weighted by atomic mass is 16.9. The second kappa shape index (κ2) is 10.4. The molecule has 2 fully saturated rings. The van der Waals surface area contributed by atoms with Gasteiger partial charge in [-0.3, -0.25) is 4.74 Å². The maximum atomic E-state index is 11.0. The van der Waals surface area contributed by atoms with Gasteiger partial charge in [-0.2, -0.15) is 0 Å². The number of aliphatic hydroxyl groups is 2.